The van der Waals surface area contributed by atoms with Gasteiger partial charge in [0.25, 0.3) is 5.91 Å². The number of fused-ring (bicyclic) bond motifs is 1. The van der Waals surface area contributed by atoms with Crippen molar-refractivity contribution >= 4 is 17.8 Å². The van der Waals surface area contributed by atoms with Crippen molar-refractivity contribution < 1.29 is 19.0 Å². The first-order valence-corrected chi connectivity index (χ1v) is 8.04. The summed E-state index contributed by atoms with van der Waals surface area (Å²) in [5.74, 6) is 1.80. The summed E-state index contributed by atoms with van der Waals surface area (Å²) in [5.41, 5.74) is 4.05. The topological polar surface area (TPSA) is 81.2 Å². The summed E-state index contributed by atoms with van der Waals surface area (Å²) >= 11 is 0. The van der Waals surface area contributed by atoms with Crippen LogP contribution < -0.4 is 25.0 Å². The van der Waals surface area contributed by atoms with Crippen LogP contribution in [0.15, 0.2) is 60.2 Å². The monoisotopic (exact) mass is 353 g/mol. The van der Waals surface area contributed by atoms with E-state index >= 15 is 0 Å². The summed E-state index contributed by atoms with van der Waals surface area (Å²) in [5, 5.41) is 6.95. The lowest BCUT2D eigenvalue weighted by Crippen LogP contribution is -2.25. The zero-order chi connectivity index (χ0) is 18.2. The third kappa shape index (κ3) is 4.76. The van der Waals surface area contributed by atoms with E-state index < -0.39 is 0 Å². The number of hydrogen-bond donors (Lipinski definition) is 2. The van der Waals surface area contributed by atoms with Gasteiger partial charge in [0.05, 0.1) is 12.8 Å². The highest BCUT2D eigenvalue weighted by atomic mass is 16.7. The molecule has 1 heterocycles. The van der Waals surface area contributed by atoms with Gasteiger partial charge in [0, 0.05) is 11.8 Å². The van der Waals surface area contributed by atoms with E-state index in [1.165, 1.54) is 0 Å². The van der Waals surface area contributed by atoms with Gasteiger partial charge in [0.15, 0.2) is 11.5 Å². The number of nitrogens with zero attached hydrogens (tertiary/aromatic N) is 1. The number of hydrogen-bond acceptors (Lipinski definition) is 6. The second kappa shape index (κ2) is 8.57. The van der Waals surface area contributed by atoms with E-state index in [0.717, 1.165) is 11.3 Å². The van der Waals surface area contributed by atoms with Gasteiger partial charge in [-0.05, 0) is 29.8 Å². The number of anilines is 1. The van der Waals surface area contributed by atoms with Crippen molar-refractivity contribution in [1.29, 1.82) is 0 Å². The lowest BCUT2D eigenvalue weighted by molar-refractivity contribution is -0.119. The molecule has 1 aliphatic rings. The molecule has 0 saturated heterocycles. The molecule has 0 fully saturated rings. The summed E-state index contributed by atoms with van der Waals surface area (Å²) in [6.45, 7) is 4.34. The number of ether oxygens (including phenoxy) is 3. The number of nitrogens with one attached hydrogen (secondary N) is 2. The number of benzene rings is 2. The fourth-order valence-electron chi connectivity index (χ4n) is 2.25. The van der Waals surface area contributed by atoms with Crippen molar-refractivity contribution in [1.82, 2.24) is 5.43 Å². The maximum Gasteiger partial charge on any atom is 0.259 e. The first-order chi connectivity index (χ1) is 12.7. The predicted octanol–water partition coefficient (Wildman–Crippen LogP) is 2.54. The molecular weight excluding hydrogens is 334 g/mol. The van der Waals surface area contributed by atoms with E-state index in [4.69, 9.17) is 14.2 Å². The highest BCUT2D eigenvalue weighted by molar-refractivity contribution is 5.84. The van der Waals surface area contributed by atoms with Crippen molar-refractivity contribution in [2.45, 2.75) is 0 Å². The Kier molecular flexibility index (Phi) is 5.72. The van der Waals surface area contributed by atoms with Crippen LogP contribution in [0.25, 0.3) is 0 Å². The van der Waals surface area contributed by atoms with Crippen LogP contribution in [-0.4, -0.2) is 32.1 Å². The normalized spacial score (nSPS) is 12.0. The quantitative estimate of drug-likeness (QED) is 0.433. The van der Waals surface area contributed by atoms with E-state index in [-0.39, 0.29) is 19.2 Å². The van der Waals surface area contributed by atoms with Crippen molar-refractivity contribution in [3.63, 3.8) is 0 Å². The Bertz CT molecular complexity index is 820. The van der Waals surface area contributed by atoms with Gasteiger partial charge in [-0.3, -0.25) is 4.79 Å². The molecule has 7 heteroatoms. The molecule has 0 aliphatic carbocycles. The van der Waals surface area contributed by atoms with E-state index in [1.807, 2.05) is 30.3 Å². The first kappa shape index (κ1) is 17.3. The van der Waals surface area contributed by atoms with Gasteiger partial charge in [-0.25, -0.2) is 5.43 Å². The average Bonchev–Trinajstić information content (AvgIpc) is 3.13. The number of carbonyl (C=O) groups excluding carboxylic acids is 1. The van der Waals surface area contributed by atoms with Crippen LogP contribution in [0.5, 0.6) is 17.2 Å². The Morgan fingerprint density at radius 1 is 1.23 bits per heavy atom. The average molecular weight is 353 g/mol. The molecule has 26 heavy (non-hydrogen) atoms. The Morgan fingerprint density at radius 3 is 3.00 bits per heavy atom. The standard InChI is InChI=1S/C19H19N3O4/c1-2-8-24-16-5-3-4-14(9-16)11-21-22-19(23)12-20-15-6-7-17-18(10-15)26-13-25-17/h2-7,9-11,20H,1,8,12-13H2,(H,22,23)/b21-11-. The lowest BCUT2D eigenvalue weighted by atomic mass is 10.2. The van der Waals surface area contributed by atoms with E-state index in [1.54, 1.807) is 24.4 Å². The van der Waals surface area contributed by atoms with E-state index in [2.05, 4.69) is 22.4 Å². The minimum Gasteiger partial charge on any atom is -0.490 e. The van der Waals surface area contributed by atoms with Gasteiger partial charge in [-0.1, -0.05) is 24.8 Å². The van der Waals surface area contributed by atoms with Crippen molar-refractivity contribution in [2.75, 3.05) is 25.3 Å². The van der Waals surface area contributed by atoms with Crippen LogP contribution in [0.1, 0.15) is 5.56 Å². The zero-order valence-electron chi connectivity index (χ0n) is 14.1. The fourth-order valence-corrected chi connectivity index (χ4v) is 2.25. The molecule has 0 saturated carbocycles. The Morgan fingerprint density at radius 2 is 2.12 bits per heavy atom. The molecule has 2 N–H and O–H groups in total. The minimum absolute atomic E-state index is 0.0828. The van der Waals surface area contributed by atoms with Gasteiger partial charge in [0.2, 0.25) is 6.79 Å². The SMILES string of the molecule is C=CCOc1cccc(/C=N\NC(=O)CNc2ccc3c(c2)OCO3)c1. The Balaban J connectivity index is 1.46. The second-order valence-corrected chi connectivity index (χ2v) is 5.39. The minimum atomic E-state index is -0.266. The number of amides is 1. The van der Waals surface area contributed by atoms with Gasteiger partial charge in [0.1, 0.15) is 12.4 Å². The van der Waals surface area contributed by atoms with Crippen LogP contribution >= 0.6 is 0 Å². The molecule has 0 aromatic heterocycles. The summed E-state index contributed by atoms with van der Waals surface area (Å²) in [6, 6.07) is 12.8. The highest BCUT2D eigenvalue weighted by Gasteiger charge is 2.13. The molecule has 0 unspecified atom stereocenters. The molecule has 0 spiro atoms. The molecule has 0 bridgehead atoms. The third-order valence-electron chi connectivity index (χ3n) is 3.45. The Labute approximate surface area is 151 Å². The molecule has 3 rings (SSSR count). The molecule has 2 aromatic carbocycles. The van der Waals surface area contributed by atoms with E-state index in [9.17, 15) is 4.79 Å². The van der Waals surface area contributed by atoms with Gasteiger partial charge in [-0.15, -0.1) is 0 Å². The molecule has 2 aromatic rings. The Hall–Kier alpha value is -3.48. The lowest BCUT2D eigenvalue weighted by Gasteiger charge is -2.06. The van der Waals surface area contributed by atoms with Gasteiger partial charge < -0.3 is 19.5 Å². The predicted molar refractivity (Wildman–Crippen MR) is 98.9 cm³/mol. The van der Waals surface area contributed by atoms with E-state index in [0.29, 0.717) is 23.9 Å². The van der Waals surface area contributed by atoms with Crippen LogP contribution in [0, 0.1) is 0 Å². The summed E-state index contributed by atoms with van der Waals surface area (Å²) < 4.78 is 16.0. The smallest absolute Gasteiger partial charge is 0.259 e. The molecule has 7 nitrogen and oxygen atoms in total. The summed E-state index contributed by atoms with van der Waals surface area (Å²) in [6.07, 6.45) is 3.23. The van der Waals surface area contributed by atoms with Gasteiger partial charge >= 0.3 is 0 Å². The van der Waals surface area contributed by atoms with Gasteiger partial charge in [-0.2, -0.15) is 5.10 Å². The summed E-state index contributed by atoms with van der Waals surface area (Å²) in [4.78, 5) is 11.9. The molecule has 1 amide bonds. The van der Waals surface area contributed by atoms with Crippen molar-refractivity contribution in [2.24, 2.45) is 5.10 Å². The van der Waals surface area contributed by atoms with Crippen LogP contribution in [0.2, 0.25) is 0 Å². The first-order valence-electron chi connectivity index (χ1n) is 8.04. The van der Waals surface area contributed by atoms with Crippen LogP contribution in [-0.2, 0) is 4.79 Å². The zero-order valence-corrected chi connectivity index (χ0v) is 14.1. The largest absolute Gasteiger partial charge is 0.490 e. The maximum atomic E-state index is 11.9. The molecule has 0 radical (unpaired) electrons. The maximum absolute atomic E-state index is 11.9. The molecular formula is C19H19N3O4. The highest BCUT2D eigenvalue weighted by Crippen LogP contribution is 2.34. The van der Waals surface area contributed by atoms with Crippen LogP contribution in [0.3, 0.4) is 0 Å². The van der Waals surface area contributed by atoms with Crippen LogP contribution in [0.4, 0.5) is 5.69 Å². The molecule has 1 aliphatic heterocycles. The molecule has 134 valence electrons. The number of hydrazone groups is 1. The fraction of sp³-hybridized carbons (Fsp3) is 0.158. The molecule has 0 atom stereocenters. The van der Waals surface area contributed by atoms with Crippen molar-refractivity contribution in [3.05, 3.63) is 60.7 Å². The number of carbonyl (C=O) groups is 1. The summed E-state index contributed by atoms with van der Waals surface area (Å²) in [7, 11) is 0. The third-order valence-corrected chi connectivity index (χ3v) is 3.45. The number of rotatable bonds is 8. The second-order valence-electron chi connectivity index (χ2n) is 5.39. The van der Waals surface area contributed by atoms with Crippen molar-refractivity contribution in [3.8, 4) is 17.2 Å².